The molecule has 0 radical (unpaired) electrons. The zero-order chi connectivity index (χ0) is 19.5. The van der Waals surface area contributed by atoms with Crippen LogP contribution in [0.15, 0.2) is 47.0 Å². The molecule has 0 spiro atoms. The quantitative estimate of drug-likeness (QED) is 0.692. The van der Waals surface area contributed by atoms with Gasteiger partial charge in [0, 0.05) is 49.3 Å². The fourth-order valence-corrected chi connectivity index (χ4v) is 3.37. The number of piperidine rings is 1. The summed E-state index contributed by atoms with van der Waals surface area (Å²) in [5.41, 5.74) is 2.12. The van der Waals surface area contributed by atoms with Crippen LogP contribution in [-0.4, -0.2) is 45.1 Å². The Bertz CT molecular complexity index is 943. The third-order valence-electron chi connectivity index (χ3n) is 4.75. The average Bonchev–Trinajstić information content (AvgIpc) is 3.18. The van der Waals surface area contributed by atoms with Crippen LogP contribution in [-0.2, 0) is 0 Å². The van der Waals surface area contributed by atoms with Crippen LogP contribution in [0, 0.1) is 13.8 Å². The van der Waals surface area contributed by atoms with Crippen LogP contribution in [0.3, 0.4) is 0 Å². The molecule has 0 bridgehead atoms. The molecule has 7 nitrogen and oxygen atoms in total. The number of ether oxygens (including phenoxy) is 1. The summed E-state index contributed by atoms with van der Waals surface area (Å²) >= 11 is 0. The first-order valence-electron chi connectivity index (χ1n) is 9.39. The van der Waals surface area contributed by atoms with Crippen LogP contribution in [0.25, 0.3) is 11.3 Å². The second-order valence-corrected chi connectivity index (χ2v) is 6.95. The molecule has 0 unspecified atom stereocenters. The molecular weight excluding hydrogens is 356 g/mol. The van der Waals surface area contributed by atoms with Gasteiger partial charge in [-0.15, -0.1) is 0 Å². The number of hydrogen-bond donors (Lipinski definition) is 0. The average molecular weight is 378 g/mol. The zero-order valence-corrected chi connectivity index (χ0v) is 16.0. The van der Waals surface area contributed by atoms with Crippen LogP contribution in [0.4, 0.5) is 0 Å². The summed E-state index contributed by atoms with van der Waals surface area (Å²) in [6, 6.07) is 13.2. The molecule has 2 aromatic heterocycles. The molecule has 0 aliphatic carbocycles. The molecule has 1 aliphatic heterocycles. The van der Waals surface area contributed by atoms with Gasteiger partial charge >= 0.3 is 0 Å². The summed E-state index contributed by atoms with van der Waals surface area (Å²) in [6.07, 6.45) is 1.53. The predicted molar refractivity (Wildman–Crippen MR) is 103 cm³/mol. The van der Waals surface area contributed by atoms with Crippen molar-refractivity contribution in [2.75, 3.05) is 13.1 Å². The molecular formula is C21H22N4O3. The van der Waals surface area contributed by atoms with Gasteiger partial charge in [-0.2, -0.15) is 4.98 Å². The smallest absolute Gasteiger partial charge is 0.276 e. The maximum Gasteiger partial charge on any atom is 0.276 e. The highest BCUT2D eigenvalue weighted by Crippen LogP contribution is 2.23. The highest BCUT2D eigenvalue weighted by molar-refractivity contribution is 5.93. The molecule has 1 saturated heterocycles. The summed E-state index contributed by atoms with van der Waals surface area (Å²) < 4.78 is 11.3. The van der Waals surface area contributed by atoms with Gasteiger partial charge in [-0.3, -0.25) is 4.79 Å². The Balaban J connectivity index is 1.36. The minimum atomic E-state index is -0.113. The first-order valence-corrected chi connectivity index (χ1v) is 9.39. The largest absolute Gasteiger partial charge is 0.474 e. The summed E-state index contributed by atoms with van der Waals surface area (Å²) in [4.78, 5) is 23.1. The van der Waals surface area contributed by atoms with Gasteiger partial charge in [-0.1, -0.05) is 35.5 Å². The van der Waals surface area contributed by atoms with E-state index >= 15 is 0 Å². The third kappa shape index (κ3) is 4.03. The predicted octanol–water partition coefficient (Wildman–Crippen LogP) is 3.43. The number of carbonyl (C=O) groups excluding carboxylic acids is 1. The molecule has 0 atom stereocenters. The molecule has 3 heterocycles. The van der Waals surface area contributed by atoms with Gasteiger partial charge in [0.1, 0.15) is 11.9 Å². The molecule has 1 amide bonds. The lowest BCUT2D eigenvalue weighted by Gasteiger charge is -2.31. The number of aryl methyl sites for hydroxylation is 2. The Kier molecular flexibility index (Phi) is 5.06. The van der Waals surface area contributed by atoms with Crippen molar-refractivity contribution in [2.24, 2.45) is 0 Å². The third-order valence-corrected chi connectivity index (χ3v) is 4.75. The lowest BCUT2D eigenvalue weighted by atomic mass is 10.1. The molecule has 4 rings (SSSR count). The number of nitrogens with zero attached hydrogens (tertiary/aromatic N) is 4. The highest BCUT2D eigenvalue weighted by atomic mass is 16.5. The van der Waals surface area contributed by atoms with Crippen LogP contribution < -0.4 is 4.74 Å². The van der Waals surface area contributed by atoms with E-state index in [0.29, 0.717) is 36.2 Å². The number of rotatable bonds is 4. The van der Waals surface area contributed by atoms with E-state index in [2.05, 4.69) is 15.1 Å². The molecule has 28 heavy (non-hydrogen) atoms. The summed E-state index contributed by atoms with van der Waals surface area (Å²) in [5, 5.41) is 3.96. The Morgan fingerprint density at radius 3 is 2.57 bits per heavy atom. The lowest BCUT2D eigenvalue weighted by Crippen LogP contribution is -2.42. The second-order valence-electron chi connectivity index (χ2n) is 6.95. The van der Waals surface area contributed by atoms with Crippen LogP contribution in [0.5, 0.6) is 5.88 Å². The van der Waals surface area contributed by atoms with Gasteiger partial charge in [0.25, 0.3) is 5.91 Å². The van der Waals surface area contributed by atoms with Gasteiger partial charge < -0.3 is 14.2 Å². The van der Waals surface area contributed by atoms with Gasteiger partial charge in [0.15, 0.2) is 11.5 Å². The maximum absolute atomic E-state index is 12.7. The van der Waals surface area contributed by atoms with E-state index in [1.54, 1.807) is 11.0 Å². The van der Waals surface area contributed by atoms with E-state index in [9.17, 15) is 4.79 Å². The number of benzene rings is 1. The standard InChI is InChI=1S/C21H22N4O3/c1-14-12-20(23-15(2)22-14)27-17-8-10-25(11-9-17)21(26)18-13-19(28-24-18)16-6-4-3-5-7-16/h3-7,12-13,17H,8-11H2,1-2H3. The van der Waals surface area contributed by atoms with Crippen molar-refractivity contribution < 1.29 is 14.1 Å². The second kappa shape index (κ2) is 7.80. The molecule has 1 fully saturated rings. The number of hydrogen-bond acceptors (Lipinski definition) is 6. The first kappa shape index (κ1) is 18.2. The number of likely N-dealkylation sites (tertiary alicyclic amines) is 1. The van der Waals surface area contributed by atoms with Gasteiger partial charge in [0.2, 0.25) is 5.88 Å². The Hall–Kier alpha value is -3.22. The number of aromatic nitrogens is 3. The SMILES string of the molecule is Cc1cc(OC2CCN(C(=O)c3cc(-c4ccccc4)on3)CC2)nc(C)n1. The van der Waals surface area contributed by atoms with Gasteiger partial charge in [-0.05, 0) is 13.8 Å². The minimum absolute atomic E-state index is 0.0370. The van der Waals surface area contributed by atoms with Crippen molar-refractivity contribution in [1.29, 1.82) is 0 Å². The molecule has 3 aromatic rings. The maximum atomic E-state index is 12.7. The van der Waals surface area contributed by atoms with E-state index in [1.807, 2.05) is 50.2 Å². The monoisotopic (exact) mass is 378 g/mol. The van der Waals surface area contributed by atoms with Crippen molar-refractivity contribution in [1.82, 2.24) is 20.0 Å². The van der Waals surface area contributed by atoms with Crippen molar-refractivity contribution in [3.8, 4) is 17.2 Å². The Morgan fingerprint density at radius 2 is 1.86 bits per heavy atom. The van der Waals surface area contributed by atoms with E-state index in [-0.39, 0.29) is 12.0 Å². The van der Waals surface area contributed by atoms with Gasteiger partial charge in [-0.25, -0.2) is 4.98 Å². The molecule has 0 N–H and O–H groups in total. The highest BCUT2D eigenvalue weighted by Gasteiger charge is 2.27. The summed E-state index contributed by atoms with van der Waals surface area (Å²) in [7, 11) is 0. The van der Waals surface area contributed by atoms with E-state index < -0.39 is 0 Å². The van der Waals surface area contributed by atoms with E-state index in [1.165, 1.54) is 0 Å². The van der Waals surface area contributed by atoms with Crippen molar-refractivity contribution in [3.63, 3.8) is 0 Å². The zero-order valence-electron chi connectivity index (χ0n) is 16.0. The van der Waals surface area contributed by atoms with Gasteiger partial charge in [0.05, 0.1) is 0 Å². The molecule has 0 saturated carbocycles. The fourth-order valence-electron chi connectivity index (χ4n) is 3.37. The normalized spacial score (nSPS) is 14.9. The van der Waals surface area contributed by atoms with Crippen molar-refractivity contribution in [2.45, 2.75) is 32.8 Å². The summed E-state index contributed by atoms with van der Waals surface area (Å²) in [5.74, 6) is 1.77. The minimum Gasteiger partial charge on any atom is -0.474 e. The topological polar surface area (TPSA) is 81.4 Å². The molecule has 1 aliphatic rings. The first-order chi connectivity index (χ1) is 13.6. The number of carbonyl (C=O) groups is 1. The lowest BCUT2D eigenvalue weighted by molar-refractivity contribution is 0.0578. The fraction of sp³-hybridized carbons (Fsp3) is 0.333. The Morgan fingerprint density at radius 1 is 1.11 bits per heavy atom. The molecule has 1 aromatic carbocycles. The van der Waals surface area contributed by atoms with Crippen LogP contribution in [0.2, 0.25) is 0 Å². The Labute approximate surface area is 163 Å². The van der Waals surface area contributed by atoms with Crippen LogP contribution in [0.1, 0.15) is 34.8 Å². The summed E-state index contributed by atoms with van der Waals surface area (Å²) in [6.45, 7) is 4.99. The van der Waals surface area contributed by atoms with E-state index in [4.69, 9.17) is 9.26 Å². The van der Waals surface area contributed by atoms with Crippen molar-refractivity contribution in [3.05, 3.63) is 59.7 Å². The number of amides is 1. The van der Waals surface area contributed by atoms with Crippen molar-refractivity contribution >= 4 is 5.91 Å². The van der Waals surface area contributed by atoms with Crippen LogP contribution >= 0.6 is 0 Å². The molecule has 7 heteroatoms. The van der Waals surface area contributed by atoms with E-state index in [0.717, 1.165) is 24.1 Å². The molecule has 144 valence electrons.